The van der Waals surface area contributed by atoms with Gasteiger partial charge in [-0.2, -0.15) is 11.8 Å². The number of rotatable bonds is 6. The number of nitrogens with one attached hydrogen (secondary N) is 1. The van der Waals surface area contributed by atoms with Gasteiger partial charge in [0.1, 0.15) is 0 Å². The van der Waals surface area contributed by atoms with Gasteiger partial charge in [-0.3, -0.25) is 0 Å². The third kappa shape index (κ3) is 3.75. The van der Waals surface area contributed by atoms with Gasteiger partial charge in [0, 0.05) is 15.7 Å². The van der Waals surface area contributed by atoms with Gasteiger partial charge in [0.25, 0.3) is 0 Å². The Bertz CT molecular complexity index is 372. The van der Waals surface area contributed by atoms with E-state index in [9.17, 15) is 0 Å². The molecule has 18 heavy (non-hydrogen) atoms. The summed E-state index contributed by atoms with van der Waals surface area (Å²) in [7, 11) is 0. The smallest absolute Gasteiger partial charge is 0.0701 e. The Labute approximate surface area is 127 Å². The molecule has 1 aliphatic rings. The molecule has 0 saturated carbocycles. The van der Waals surface area contributed by atoms with Gasteiger partial charge in [-0.1, -0.05) is 6.92 Å². The highest BCUT2D eigenvalue weighted by Crippen LogP contribution is 2.42. The molecule has 1 saturated heterocycles. The molecular weight excluding hydrogens is 326 g/mol. The van der Waals surface area contributed by atoms with E-state index in [-0.39, 0.29) is 0 Å². The highest BCUT2D eigenvalue weighted by Gasteiger charge is 2.37. The second-order valence-electron chi connectivity index (χ2n) is 5.18. The predicted octanol–water partition coefficient (Wildman–Crippen LogP) is 4.71. The maximum atomic E-state index is 3.78. The van der Waals surface area contributed by atoms with E-state index < -0.39 is 0 Å². The Morgan fingerprint density at radius 2 is 2.33 bits per heavy atom. The molecule has 1 aliphatic heterocycles. The lowest BCUT2D eigenvalue weighted by Gasteiger charge is -2.34. The molecule has 2 unspecified atom stereocenters. The first-order chi connectivity index (χ1) is 8.64. The van der Waals surface area contributed by atoms with Crippen LogP contribution >= 0.6 is 39.0 Å². The maximum absolute atomic E-state index is 3.78. The van der Waals surface area contributed by atoms with Gasteiger partial charge in [0.2, 0.25) is 0 Å². The Morgan fingerprint density at radius 1 is 1.50 bits per heavy atom. The summed E-state index contributed by atoms with van der Waals surface area (Å²) in [4.78, 5) is 1.49. The topological polar surface area (TPSA) is 12.0 Å². The van der Waals surface area contributed by atoms with E-state index in [0.29, 0.717) is 10.8 Å². The lowest BCUT2D eigenvalue weighted by molar-refractivity contribution is 0.400. The second kappa shape index (κ2) is 6.78. The summed E-state index contributed by atoms with van der Waals surface area (Å²) in [5.74, 6) is 1.33. The van der Waals surface area contributed by atoms with Crippen molar-refractivity contribution < 1.29 is 0 Å². The average molecular weight is 348 g/mol. The first kappa shape index (κ1) is 14.9. The van der Waals surface area contributed by atoms with Crippen LogP contribution in [0.2, 0.25) is 0 Å². The summed E-state index contributed by atoms with van der Waals surface area (Å²) >= 11 is 7.60. The monoisotopic (exact) mass is 347 g/mol. The molecule has 1 N–H and O–H groups in total. The van der Waals surface area contributed by atoms with Gasteiger partial charge < -0.3 is 5.32 Å². The van der Waals surface area contributed by atoms with Gasteiger partial charge in [0.15, 0.2) is 0 Å². The van der Waals surface area contributed by atoms with Crippen LogP contribution in [0.25, 0.3) is 0 Å². The van der Waals surface area contributed by atoms with E-state index in [1.54, 1.807) is 0 Å². The van der Waals surface area contributed by atoms with E-state index in [1.165, 1.54) is 40.1 Å². The minimum Gasteiger partial charge on any atom is -0.312 e. The average Bonchev–Trinajstić information content (AvgIpc) is 2.94. The fraction of sp³-hybridized carbons (Fsp3) is 0.714. The summed E-state index contributed by atoms with van der Waals surface area (Å²) in [6.07, 6.45) is 5.11. The van der Waals surface area contributed by atoms with Crippen molar-refractivity contribution in [1.29, 1.82) is 0 Å². The molecule has 0 radical (unpaired) electrons. The van der Waals surface area contributed by atoms with Crippen molar-refractivity contribution in [1.82, 2.24) is 5.32 Å². The second-order valence-corrected chi connectivity index (χ2v) is 9.36. The van der Waals surface area contributed by atoms with Crippen molar-refractivity contribution in [2.45, 2.75) is 50.3 Å². The van der Waals surface area contributed by atoms with Gasteiger partial charge in [-0.15, -0.1) is 11.3 Å². The minimum absolute atomic E-state index is 0.422. The highest BCUT2D eigenvalue weighted by molar-refractivity contribution is 9.11. The summed E-state index contributed by atoms with van der Waals surface area (Å²) in [5.41, 5.74) is 0. The van der Waals surface area contributed by atoms with E-state index >= 15 is 0 Å². The largest absolute Gasteiger partial charge is 0.312 e. The molecule has 2 heterocycles. The van der Waals surface area contributed by atoms with Crippen molar-refractivity contribution in [3.63, 3.8) is 0 Å². The van der Waals surface area contributed by atoms with Crippen LogP contribution in [-0.2, 0) is 6.42 Å². The molecule has 0 aliphatic carbocycles. The van der Waals surface area contributed by atoms with Crippen LogP contribution < -0.4 is 5.32 Å². The molecular formula is C14H22BrNS2. The Morgan fingerprint density at radius 3 is 2.89 bits per heavy atom. The van der Waals surface area contributed by atoms with Crippen LogP contribution in [0.1, 0.15) is 38.0 Å². The lowest BCUT2D eigenvalue weighted by Crippen LogP contribution is -2.46. The highest BCUT2D eigenvalue weighted by atomic mass is 79.9. The molecule has 1 nitrogen and oxygen atoms in total. The molecule has 0 bridgehead atoms. The van der Waals surface area contributed by atoms with Crippen LogP contribution in [-0.4, -0.2) is 23.1 Å². The number of thioether (sulfide) groups is 1. The van der Waals surface area contributed by atoms with Crippen LogP contribution in [0.5, 0.6) is 0 Å². The normalized spacial score (nSPS) is 25.5. The number of hydrogen-bond acceptors (Lipinski definition) is 3. The first-order valence-corrected chi connectivity index (χ1v) is 9.35. The Kier molecular flexibility index (Phi) is 5.61. The SMILES string of the molecule is CCCNC(Cc1ccc(Br)s1)C1(C)CCCS1. The van der Waals surface area contributed by atoms with E-state index in [2.05, 4.69) is 59.0 Å². The van der Waals surface area contributed by atoms with Crippen molar-refractivity contribution >= 4 is 39.0 Å². The molecule has 1 aromatic heterocycles. The molecule has 4 heteroatoms. The molecule has 2 atom stereocenters. The predicted molar refractivity (Wildman–Crippen MR) is 87.9 cm³/mol. The van der Waals surface area contributed by atoms with E-state index in [4.69, 9.17) is 0 Å². The van der Waals surface area contributed by atoms with Crippen molar-refractivity contribution in [3.05, 3.63) is 20.8 Å². The standard InChI is InChI=1S/C14H22BrNS2/c1-3-8-16-12(14(2)7-4-9-17-14)10-11-5-6-13(15)18-11/h5-6,12,16H,3-4,7-10H2,1-2H3. The zero-order valence-electron chi connectivity index (χ0n) is 11.2. The molecule has 0 aromatic carbocycles. The fourth-order valence-electron chi connectivity index (χ4n) is 2.56. The van der Waals surface area contributed by atoms with Crippen molar-refractivity contribution in [2.75, 3.05) is 12.3 Å². The zero-order valence-corrected chi connectivity index (χ0v) is 14.4. The minimum atomic E-state index is 0.422. The van der Waals surface area contributed by atoms with Gasteiger partial charge >= 0.3 is 0 Å². The molecule has 1 aromatic rings. The van der Waals surface area contributed by atoms with Crippen LogP contribution in [0, 0.1) is 0 Å². The summed E-state index contributed by atoms with van der Waals surface area (Å²) < 4.78 is 1.67. The summed E-state index contributed by atoms with van der Waals surface area (Å²) in [6, 6.07) is 5.04. The summed E-state index contributed by atoms with van der Waals surface area (Å²) in [5, 5.41) is 3.78. The molecule has 0 amide bonds. The first-order valence-electron chi connectivity index (χ1n) is 6.75. The summed E-state index contributed by atoms with van der Waals surface area (Å²) in [6.45, 7) is 5.82. The van der Waals surface area contributed by atoms with Gasteiger partial charge in [0.05, 0.1) is 3.79 Å². The number of hydrogen-bond donors (Lipinski definition) is 1. The quantitative estimate of drug-likeness (QED) is 0.799. The van der Waals surface area contributed by atoms with Crippen LogP contribution in [0.3, 0.4) is 0 Å². The van der Waals surface area contributed by atoms with Crippen LogP contribution in [0.4, 0.5) is 0 Å². The number of thiophene rings is 1. The van der Waals surface area contributed by atoms with Crippen molar-refractivity contribution in [3.8, 4) is 0 Å². The zero-order chi connectivity index (χ0) is 13.0. The Balaban J connectivity index is 2.04. The molecule has 2 rings (SSSR count). The molecule has 0 spiro atoms. The van der Waals surface area contributed by atoms with E-state index in [1.807, 2.05) is 11.3 Å². The van der Waals surface area contributed by atoms with Gasteiger partial charge in [-0.05, 0) is 73.0 Å². The molecule has 1 fully saturated rings. The number of halogens is 1. The van der Waals surface area contributed by atoms with Crippen LogP contribution in [0.15, 0.2) is 15.9 Å². The van der Waals surface area contributed by atoms with E-state index in [0.717, 1.165) is 6.54 Å². The third-order valence-electron chi connectivity index (χ3n) is 3.66. The maximum Gasteiger partial charge on any atom is 0.0701 e. The molecule has 102 valence electrons. The van der Waals surface area contributed by atoms with Crippen molar-refractivity contribution in [2.24, 2.45) is 0 Å². The lowest BCUT2D eigenvalue weighted by atomic mass is 9.93. The fourth-order valence-corrected chi connectivity index (χ4v) is 5.50. The Hall–Kier alpha value is 0.490. The van der Waals surface area contributed by atoms with Gasteiger partial charge in [-0.25, -0.2) is 0 Å². The third-order valence-corrected chi connectivity index (χ3v) is 6.95.